The SMILES string of the molecule is C=CCN1C(=O)c2ccc(C(=O)OC(C(=O)N3CCCCC3)c3ccccc3)cc2C1=O. The van der Waals surface area contributed by atoms with Crippen LogP contribution in [0.1, 0.15) is 62.0 Å². The van der Waals surface area contributed by atoms with Gasteiger partial charge in [0.2, 0.25) is 6.10 Å². The van der Waals surface area contributed by atoms with Crippen LogP contribution in [0.15, 0.2) is 61.2 Å². The van der Waals surface area contributed by atoms with Crippen LogP contribution in [0.2, 0.25) is 0 Å². The lowest BCUT2D eigenvalue weighted by Crippen LogP contribution is -2.40. The second-order valence-corrected chi connectivity index (χ2v) is 7.85. The van der Waals surface area contributed by atoms with E-state index in [0.717, 1.165) is 24.2 Å². The number of amides is 3. The van der Waals surface area contributed by atoms with Gasteiger partial charge in [0.25, 0.3) is 17.7 Å². The normalized spacial score (nSPS) is 16.5. The highest BCUT2D eigenvalue weighted by Crippen LogP contribution is 2.27. The Balaban J connectivity index is 1.59. The molecule has 1 unspecified atom stereocenters. The van der Waals surface area contributed by atoms with Gasteiger partial charge in [-0.25, -0.2) is 4.79 Å². The van der Waals surface area contributed by atoms with Crippen LogP contribution in [0, 0.1) is 0 Å². The molecule has 0 radical (unpaired) electrons. The predicted octanol–water partition coefficient (Wildman–Crippen LogP) is 3.38. The minimum atomic E-state index is -1.08. The van der Waals surface area contributed by atoms with Crippen LogP contribution in [0.25, 0.3) is 0 Å². The van der Waals surface area contributed by atoms with Crippen molar-refractivity contribution in [2.45, 2.75) is 25.4 Å². The van der Waals surface area contributed by atoms with E-state index in [9.17, 15) is 19.2 Å². The molecular weight excluding hydrogens is 408 g/mol. The first-order valence-corrected chi connectivity index (χ1v) is 10.7. The summed E-state index contributed by atoms with van der Waals surface area (Å²) >= 11 is 0. The molecule has 0 N–H and O–H groups in total. The predicted molar refractivity (Wildman–Crippen MR) is 117 cm³/mol. The number of carbonyl (C=O) groups is 4. The molecule has 7 heteroatoms. The molecule has 7 nitrogen and oxygen atoms in total. The van der Waals surface area contributed by atoms with Gasteiger partial charge in [0.15, 0.2) is 0 Å². The molecule has 0 aliphatic carbocycles. The third kappa shape index (κ3) is 4.06. The van der Waals surface area contributed by atoms with E-state index in [-0.39, 0.29) is 29.1 Å². The number of hydrogen-bond acceptors (Lipinski definition) is 5. The number of fused-ring (bicyclic) bond motifs is 1. The average molecular weight is 432 g/mol. The summed E-state index contributed by atoms with van der Waals surface area (Å²) in [5.74, 6) is -1.89. The molecule has 2 aliphatic heterocycles. The zero-order chi connectivity index (χ0) is 22.7. The average Bonchev–Trinajstić information content (AvgIpc) is 3.07. The standard InChI is InChI=1S/C25H24N2O5/c1-2-13-27-22(28)19-12-11-18(16-20(19)23(27)29)25(31)32-21(17-9-5-3-6-10-17)24(30)26-14-7-4-8-15-26/h2-3,5-6,9-12,16,21H,1,4,7-8,13-15H2. The molecule has 1 atom stereocenters. The Morgan fingerprint density at radius 2 is 1.66 bits per heavy atom. The van der Waals surface area contributed by atoms with Crippen LogP contribution in [0.3, 0.4) is 0 Å². The van der Waals surface area contributed by atoms with Gasteiger partial charge in [-0.1, -0.05) is 36.4 Å². The molecule has 1 fully saturated rings. The summed E-state index contributed by atoms with van der Waals surface area (Å²) in [5, 5.41) is 0. The van der Waals surface area contributed by atoms with E-state index >= 15 is 0 Å². The largest absolute Gasteiger partial charge is 0.444 e. The lowest BCUT2D eigenvalue weighted by molar-refractivity contribution is -0.142. The Bertz CT molecular complexity index is 1070. The van der Waals surface area contributed by atoms with E-state index in [0.29, 0.717) is 18.7 Å². The van der Waals surface area contributed by atoms with Crippen molar-refractivity contribution in [2.75, 3.05) is 19.6 Å². The molecule has 3 amide bonds. The van der Waals surface area contributed by atoms with Crippen molar-refractivity contribution in [2.24, 2.45) is 0 Å². The van der Waals surface area contributed by atoms with E-state index in [1.165, 1.54) is 24.3 Å². The van der Waals surface area contributed by atoms with Gasteiger partial charge in [0.05, 0.1) is 16.7 Å². The van der Waals surface area contributed by atoms with Crippen molar-refractivity contribution in [1.82, 2.24) is 9.80 Å². The molecule has 2 aromatic rings. The minimum absolute atomic E-state index is 0.0898. The summed E-state index contributed by atoms with van der Waals surface area (Å²) in [7, 11) is 0. The van der Waals surface area contributed by atoms with E-state index in [2.05, 4.69) is 6.58 Å². The Morgan fingerprint density at radius 1 is 0.969 bits per heavy atom. The molecule has 0 bridgehead atoms. The van der Waals surface area contributed by atoms with E-state index in [1.54, 1.807) is 29.2 Å². The van der Waals surface area contributed by atoms with Gasteiger partial charge in [-0.2, -0.15) is 0 Å². The lowest BCUT2D eigenvalue weighted by Gasteiger charge is -2.30. The fourth-order valence-corrected chi connectivity index (χ4v) is 4.06. The minimum Gasteiger partial charge on any atom is -0.444 e. The molecule has 2 aliphatic rings. The molecule has 32 heavy (non-hydrogen) atoms. The number of ether oxygens (including phenoxy) is 1. The topological polar surface area (TPSA) is 84.0 Å². The number of nitrogens with zero attached hydrogens (tertiary/aromatic N) is 2. The fourth-order valence-electron chi connectivity index (χ4n) is 4.06. The number of hydrogen-bond donors (Lipinski definition) is 0. The van der Waals surface area contributed by atoms with Crippen molar-refractivity contribution < 1.29 is 23.9 Å². The summed E-state index contributed by atoms with van der Waals surface area (Å²) < 4.78 is 5.68. The molecule has 4 rings (SSSR count). The van der Waals surface area contributed by atoms with Crippen LogP contribution in [0.5, 0.6) is 0 Å². The zero-order valence-corrected chi connectivity index (χ0v) is 17.7. The lowest BCUT2D eigenvalue weighted by atomic mass is 10.0. The second-order valence-electron chi connectivity index (χ2n) is 7.85. The van der Waals surface area contributed by atoms with Crippen molar-refractivity contribution in [1.29, 1.82) is 0 Å². The summed E-state index contributed by atoms with van der Waals surface area (Å²) in [5.41, 5.74) is 1.07. The fraction of sp³-hybridized carbons (Fsp3) is 0.280. The van der Waals surface area contributed by atoms with Gasteiger partial charge < -0.3 is 9.64 Å². The Hall–Kier alpha value is -3.74. The van der Waals surface area contributed by atoms with Gasteiger partial charge in [-0.3, -0.25) is 19.3 Å². The van der Waals surface area contributed by atoms with Gasteiger partial charge in [-0.05, 0) is 37.5 Å². The van der Waals surface area contributed by atoms with Crippen LogP contribution in [-0.4, -0.2) is 53.1 Å². The van der Waals surface area contributed by atoms with Gasteiger partial charge in [-0.15, -0.1) is 6.58 Å². The third-order valence-electron chi connectivity index (χ3n) is 5.74. The summed E-state index contributed by atoms with van der Waals surface area (Å²) in [6, 6.07) is 13.1. The Labute approximate surface area is 186 Å². The van der Waals surface area contributed by atoms with Crippen LogP contribution >= 0.6 is 0 Å². The maximum absolute atomic E-state index is 13.2. The zero-order valence-electron chi connectivity index (χ0n) is 17.7. The van der Waals surface area contributed by atoms with Crippen molar-refractivity contribution >= 4 is 23.7 Å². The number of esters is 1. The molecule has 2 heterocycles. The Kier molecular flexibility index (Phi) is 6.16. The first-order chi connectivity index (χ1) is 15.5. The molecule has 164 valence electrons. The highest BCUT2D eigenvalue weighted by Gasteiger charge is 2.36. The van der Waals surface area contributed by atoms with Crippen molar-refractivity contribution in [3.05, 3.63) is 83.4 Å². The van der Waals surface area contributed by atoms with Crippen LogP contribution < -0.4 is 0 Å². The van der Waals surface area contributed by atoms with E-state index < -0.39 is 23.9 Å². The maximum Gasteiger partial charge on any atom is 0.339 e. The van der Waals surface area contributed by atoms with Crippen molar-refractivity contribution in [3.63, 3.8) is 0 Å². The van der Waals surface area contributed by atoms with Gasteiger partial charge in [0.1, 0.15) is 0 Å². The number of carbonyl (C=O) groups excluding carboxylic acids is 4. The van der Waals surface area contributed by atoms with Gasteiger partial charge >= 0.3 is 5.97 Å². The molecular formula is C25H24N2O5. The van der Waals surface area contributed by atoms with E-state index in [1.807, 2.05) is 6.07 Å². The smallest absolute Gasteiger partial charge is 0.339 e. The highest BCUT2D eigenvalue weighted by molar-refractivity contribution is 6.22. The number of likely N-dealkylation sites (tertiary alicyclic amines) is 1. The molecule has 0 saturated carbocycles. The molecule has 2 aromatic carbocycles. The maximum atomic E-state index is 13.2. The first-order valence-electron chi connectivity index (χ1n) is 10.7. The monoisotopic (exact) mass is 432 g/mol. The van der Waals surface area contributed by atoms with Gasteiger partial charge in [0, 0.05) is 25.2 Å². The van der Waals surface area contributed by atoms with E-state index in [4.69, 9.17) is 4.74 Å². The summed E-state index contributed by atoms with van der Waals surface area (Å²) in [6.07, 6.45) is 3.30. The van der Waals surface area contributed by atoms with Crippen LogP contribution in [-0.2, 0) is 9.53 Å². The summed E-state index contributed by atoms with van der Waals surface area (Å²) in [6.45, 7) is 4.92. The van der Waals surface area contributed by atoms with Crippen LogP contribution in [0.4, 0.5) is 0 Å². The Morgan fingerprint density at radius 3 is 2.34 bits per heavy atom. The highest BCUT2D eigenvalue weighted by atomic mass is 16.5. The molecule has 1 saturated heterocycles. The molecule has 0 spiro atoms. The first kappa shape index (κ1) is 21.5. The number of imide groups is 1. The number of benzene rings is 2. The molecule has 0 aromatic heterocycles. The summed E-state index contributed by atoms with van der Waals surface area (Å²) in [4.78, 5) is 54.0. The quantitative estimate of drug-likeness (QED) is 0.397. The second kappa shape index (κ2) is 9.18. The third-order valence-corrected chi connectivity index (χ3v) is 5.74. The van der Waals surface area contributed by atoms with Crippen molar-refractivity contribution in [3.8, 4) is 0 Å². The number of piperidine rings is 1. The number of rotatable bonds is 6.